The molecule has 12 heteroatoms. The lowest BCUT2D eigenvalue weighted by atomic mass is 10.3. The van der Waals surface area contributed by atoms with Crippen LogP contribution in [0.3, 0.4) is 0 Å². The second-order valence-electron chi connectivity index (χ2n) is 6.73. The number of carbonyl (C=O) groups is 2. The molecule has 0 spiro atoms. The monoisotopic (exact) mass is 472 g/mol. The van der Waals surface area contributed by atoms with Gasteiger partial charge in [-0.2, -0.15) is 4.68 Å². The topological polar surface area (TPSA) is 121 Å². The summed E-state index contributed by atoms with van der Waals surface area (Å²) in [5, 5.41) is 14.8. The van der Waals surface area contributed by atoms with Crippen LogP contribution in [0.4, 0.5) is 5.69 Å². The summed E-state index contributed by atoms with van der Waals surface area (Å²) in [6.07, 6.45) is 0. The van der Waals surface area contributed by atoms with Crippen LogP contribution in [0.5, 0.6) is 17.2 Å². The zero-order valence-corrected chi connectivity index (χ0v) is 19.5. The van der Waals surface area contributed by atoms with E-state index in [1.54, 1.807) is 63.7 Å². The van der Waals surface area contributed by atoms with Gasteiger partial charge in [-0.15, -0.1) is 5.10 Å². The molecule has 2 amide bonds. The van der Waals surface area contributed by atoms with Gasteiger partial charge in [0, 0.05) is 24.9 Å². The molecule has 0 aliphatic rings. The van der Waals surface area contributed by atoms with Crippen molar-refractivity contribution < 1.29 is 23.8 Å². The van der Waals surface area contributed by atoms with Gasteiger partial charge in [0.1, 0.15) is 22.9 Å². The van der Waals surface area contributed by atoms with Crippen molar-refractivity contribution >= 4 is 29.3 Å². The third-order valence-corrected chi connectivity index (χ3v) is 5.44. The number of hydrogen-bond donors (Lipinski definition) is 1. The predicted molar refractivity (Wildman–Crippen MR) is 122 cm³/mol. The first-order chi connectivity index (χ1) is 15.9. The van der Waals surface area contributed by atoms with Crippen LogP contribution in [0.25, 0.3) is 5.69 Å². The van der Waals surface area contributed by atoms with Crippen LogP contribution >= 0.6 is 11.8 Å². The maximum atomic E-state index is 12.6. The van der Waals surface area contributed by atoms with E-state index in [2.05, 4.69) is 20.8 Å². The molecule has 3 rings (SSSR count). The number of thioether (sulfide) groups is 1. The van der Waals surface area contributed by atoms with Crippen LogP contribution in [0.15, 0.2) is 47.6 Å². The molecule has 0 fully saturated rings. The molecule has 0 unspecified atom stereocenters. The summed E-state index contributed by atoms with van der Waals surface area (Å²) in [4.78, 5) is 26.2. The number of methoxy groups -OCH3 is 3. The molecule has 33 heavy (non-hydrogen) atoms. The maximum Gasteiger partial charge on any atom is 0.243 e. The highest BCUT2D eigenvalue weighted by atomic mass is 32.2. The first-order valence-corrected chi connectivity index (χ1v) is 10.7. The Hall–Kier alpha value is -3.80. The Morgan fingerprint density at radius 1 is 1.06 bits per heavy atom. The summed E-state index contributed by atoms with van der Waals surface area (Å²) < 4.78 is 17.3. The summed E-state index contributed by atoms with van der Waals surface area (Å²) in [5.74, 6) is 1.23. The van der Waals surface area contributed by atoms with E-state index in [-0.39, 0.29) is 24.1 Å². The summed E-state index contributed by atoms with van der Waals surface area (Å²) in [6, 6.07) is 12.2. The third kappa shape index (κ3) is 6.13. The van der Waals surface area contributed by atoms with E-state index < -0.39 is 0 Å². The molecule has 0 atom stereocenters. The van der Waals surface area contributed by atoms with Gasteiger partial charge in [-0.3, -0.25) is 9.59 Å². The highest BCUT2D eigenvalue weighted by Crippen LogP contribution is 2.29. The number of ether oxygens (including phenoxy) is 3. The molecule has 0 saturated carbocycles. The van der Waals surface area contributed by atoms with Crippen molar-refractivity contribution in [2.45, 2.75) is 5.16 Å². The molecule has 11 nitrogen and oxygen atoms in total. The van der Waals surface area contributed by atoms with E-state index in [0.717, 1.165) is 11.8 Å². The van der Waals surface area contributed by atoms with Crippen LogP contribution in [-0.2, 0) is 9.59 Å². The number of nitrogens with zero attached hydrogens (tertiary/aromatic N) is 5. The van der Waals surface area contributed by atoms with E-state index >= 15 is 0 Å². The Morgan fingerprint density at radius 3 is 2.55 bits per heavy atom. The standard InChI is InChI=1S/C21H24N6O5S/c1-26(12-19(28)22-14-6-5-7-15(10-14)30-2)20(29)13-33-21-23-24-25-27(21)17-11-16(31-3)8-9-18(17)32-4/h5-11H,12-13H2,1-4H3,(H,22,28). The van der Waals surface area contributed by atoms with Gasteiger partial charge in [-0.1, -0.05) is 17.8 Å². The number of nitrogens with one attached hydrogen (secondary N) is 1. The summed E-state index contributed by atoms with van der Waals surface area (Å²) in [5.41, 5.74) is 1.16. The molecule has 174 valence electrons. The van der Waals surface area contributed by atoms with Crippen molar-refractivity contribution in [2.75, 3.05) is 46.0 Å². The van der Waals surface area contributed by atoms with Crippen LogP contribution < -0.4 is 19.5 Å². The zero-order valence-electron chi connectivity index (χ0n) is 18.6. The molecule has 0 aliphatic carbocycles. The van der Waals surface area contributed by atoms with Gasteiger partial charge in [0.25, 0.3) is 0 Å². The second kappa shape index (κ2) is 11.2. The average Bonchev–Trinajstić information content (AvgIpc) is 3.30. The number of carbonyl (C=O) groups excluding carboxylic acids is 2. The fourth-order valence-corrected chi connectivity index (χ4v) is 3.65. The number of tetrazole rings is 1. The highest BCUT2D eigenvalue weighted by Gasteiger charge is 2.18. The largest absolute Gasteiger partial charge is 0.497 e. The molecule has 1 heterocycles. The molecular weight excluding hydrogens is 448 g/mol. The van der Waals surface area contributed by atoms with Crippen molar-refractivity contribution in [1.82, 2.24) is 25.1 Å². The van der Waals surface area contributed by atoms with Crippen molar-refractivity contribution in [3.05, 3.63) is 42.5 Å². The minimum Gasteiger partial charge on any atom is -0.497 e. The summed E-state index contributed by atoms with van der Waals surface area (Å²) >= 11 is 1.14. The van der Waals surface area contributed by atoms with Gasteiger partial charge in [-0.25, -0.2) is 0 Å². The van der Waals surface area contributed by atoms with E-state index in [9.17, 15) is 9.59 Å². The zero-order chi connectivity index (χ0) is 23.8. The fourth-order valence-electron chi connectivity index (χ4n) is 2.82. The van der Waals surface area contributed by atoms with E-state index in [0.29, 0.717) is 33.8 Å². The second-order valence-corrected chi connectivity index (χ2v) is 7.67. The van der Waals surface area contributed by atoms with Crippen LogP contribution in [0.1, 0.15) is 0 Å². The van der Waals surface area contributed by atoms with Crippen molar-refractivity contribution in [2.24, 2.45) is 0 Å². The lowest BCUT2D eigenvalue weighted by Gasteiger charge is -2.17. The molecule has 0 aliphatic heterocycles. The highest BCUT2D eigenvalue weighted by molar-refractivity contribution is 7.99. The Labute approximate surface area is 195 Å². The third-order valence-electron chi connectivity index (χ3n) is 4.54. The summed E-state index contributed by atoms with van der Waals surface area (Å²) in [6.45, 7) is -0.106. The normalized spacial score (nSPS) is 10.4. The molecule has 1 aromatic heterocycles. The van der Waals surface area contributed by atoms with Crippen molar-refractivity contribution in [1.29, 1.82) is 0 Å². The maximum absolute atomic E-state index is 12.6. The van der Waals surface area contributed by atoms with Gasteiger partial charge in [-0.05, 0) is 34.7 Å². The number of aromatic nitrogens is 4. The molecule has 0 bridgehead atoms. The molecule has 0 saturated heterocycles. The Kier molecular flexibility index (Phi) is 8.08. The molecule has 3 aromatic rings. The predicted octanol–water partition coefficient (Wildman–Crippen LogP) is 1.88. The van der Waals surface area contributed by atoms with Gasteiger partial charge < -0.3 is 24.4 Å². The van der Waals surface area contributed by atoms with Crippen LogP contribution in [0.2, 0.25) is 0 Å². The number of benzene rings is 2. The molecule has 2 aromatic carbocycles. The Morgan fingerprint density at radius 2 is 1.82 bits per heavy atom. The van der Waals surface area contributed by atoms with E-state index in [1.165, 1.54) is 16.7 Å². The quantitative estimate of drug-likeness (QED) is 0.441. The van der Waals surface area contributed by atoms with E-state index in [1.807, 2.05) is 0 Å². The lowest BCUT2D eigenvalue weighted by Crippen LogP contribution is -2.36. The fraction of sp³-hybridized carbons (Fsp3) is 0.286. The summed E-state index contributed by atoms with van der Waals surface area (Å²) in [7, 11) is 6.20. The van der Waals surface area contributed by atoms with Crippen LogP contribution in [0, 0.1) is 0 Å². The van der Waals surface area contributed by atoms with Gasteiger partial charge in [0.15, 0.2) is 0 Å². The molecular formula is C21H24N6O5S. The smallest absolute Gasteiger partial charge is 0.243 e. The van der Waals surface area contributed by atoms with Crippen LogP contribution in [-0.4, -0.2) is 77.6 Å². The first-order valence-electron chi connectivity index (χ1n) is 9.76. The number of amides is 2. The van der Waals surface area contributed by atoms with Crippen molar-refractivity contribution in [3.63, 3.8) is 0 Å². The minimum absolute atomic E-state index is 0.0373. The number of rotatable bonds is 10. The van der Waals surface area contributed by atoms with Gasteiger partial charge in [0.2, 0.25) is 17.0 Å². The number of likely N-dealkylation sites (N-methyl/N-ethyl adjacent to an activating group) is 1. The van der Waals surface area contributed by atoms with Gasteiger partial charge >= 0.3 is 0 Å². The minimum atomic E-state index is -0.324. The van der Waals surface area contributed by atoms with E-state index in [4.69, 9.17) is 14.2 Å². The number of anilines is 1. The SMILES string of the molecule is COc1cccc(NC(=O)CN(C)C(=O)CSc2nnnn2-c2cc(OC)ccc2OC)c1. The average molecular weight is 473 g/mol. The lowest BCUT2D eigenvalue weighted by molar-refractivity contribution is -0.131. The van der Waals surface area contributed by atoms with Crippen molar-refractivity contribution in [3.8, 4) is 22.9 Å². The van der Waals surface area contributed by atoms with Gasteiger partial charge in [0.05, 0.1) is 33.6 Å². The Bertz CT molecular complexity index is 1120. The molecule has 0 radical (unpaired) electrons. The number of hydrogen-bond acceptors (Lipinski definition) is 9. The Balaban J connectivity index is 1.60. The first kappa shape index (κ1) is 23.9. The molecule has 1 N–H and O–H groups in total.